The van der Waals surface area contributed by atoms with E-state index in [2.05, 4.69) is 41.5 Å². The highest BCUT2D eigenvalue weighted by Crippen LogP contribution is 2.34. The molecule has 4 rings (SSSR count). The molecule has 2 heterocycles. The molecule has 0 aliphatic carbocycles. The summed E-state index contributed by atoms with van der Waals surface area (Å²) in [4.78, 5) is 7.16. The van der Waals surface area contributed by atoms with Gasteiger partial charge in [-0.15, -0.1) is 11.3 Å². The topological polar surface area (TPSA) is 59.5 Å². The Morgan fingerprint density at radius 1 is 1.16 bits per heavy atom. The molecule has 0 saturated carbocycles. The van der Waals surface area contributed by atoms with E-state index in [0.717, 1.165) is 17.2 Å². The molecule has 0 bridgehead atoms. The number of rotatable bonds is 6. The lowest BCUT2D eigenvalue weighted by Crippen LogP contribution is -2.39. The van der Waals surface area contributed by atoms with Crippen LogP contribution in [0.4, 0.5) is 5.13 Å². The second-order valence-electron chi connectivity index (χ2n) is 7.81. The highest BCUT2D eigenvalue weighted by atomic mass is 35.5. The lowest BCUT2D eigenvalue weighted by Gasteiger charge is -2.31. The zero-order chi connectivity index (χ0) is 22.0. The first-order valence-corrected chi connectivity index (χ1v) is 13.0. The number of ether oxygens (including phenoxy) is 1. The number of aryl methyl sites for hydroxylation is 1. The van der Waals surface area contributed by atoms with E-state index in [1.54, 1.807) is 23.5 Å². The van der Waals surface area contributed by atoms with Gasteiger partial charge in [0.15, 0.2) is 15.0 Å². The summed E-state index contributed by atoms with van der Waals surface area (Å²) in [6, 6.07) is 13.2. The molecule has 0 N–H and O–H groups in total. The van der Waals surface area contributed by atoms with Crippen molar-refractivity contribution >= 4 is 37.9 Å². The fraction of sp³-hybridized carbons (Fsp3) is 0.348. The van der Waals surface area contributed by atoms with Crippen molar-refractivity contribution in [2.45, 2.75) is 36.3 Å². The molecule has 2 aromatic carbocycles. The molecular weight excluding hydrogens is 452 g/mol. The van der Waals surface area contributed by atoms with E-state index in [1.165, 1.54) is 24.3 Å². The summed E-state index contributed by atoms with van der Waals surface area (Å²) >= 11 is 7.67. The largest absolute Gasteiger partial charge is 0.495 e. The Labute approximate surface area is 192 Å². The van der Waals surface area contributed by atoms with Crippen molar-refractivity contribution in [3.63, 3.8) is 0 Å². The third kappa shape index (κ3) is 4.89. The number of piperidine rings is 1. The van der Waals surface area contributed by atoms with Gasteiger partial charge in [0.25, 0.3) is 0 Å². The zero-order valence-corrected chi connectivity index (χ0v) is 19.9. The summed E-state index contributed by atoms with van der Waals surface area (Å²) in [6.45, 7) is 3.39. The molecule has 1 aromatic heterocycles. The van der Waals surface area contributed by atoms with Crippen LogP contribution in [-0.2, 0) is 16.3 Å². The van der Waals surface area contributed by atoms with Crippen molar-refractivity contribution in [2.75, 3.05) is 25.1 Å². The van der Waals surface area contributed by atoms with Crippen molar-refractivity contribution in [1.82, 2.24) is 4.98 Å². The molecule has 1 saturated heterocycles. The maximum Gasteiger partial charge on any atom is 0.185 e. The Morgan fingerprint density at radius 3 is 2.55 bits per heavy atom. The average molecular weight is 477 g/mol. The normalized spacial score (nSPS) is 15.3. The molecule has 0 atom stereocenters. The second-order valence-corrected chi connectivity index (χ2v) is 11.3. The van der Waals surface area contributed by atoms with Crippen LogP contribution in [0.25, 0.3) is 0 Å². The van der Waals surface area contributed by atoms with E-state index >= 15 is 0 Å². The lowest BCUT2D eigenvalue weighted by molar-refractivity contribution is 0.402. The number of anilines is 1. The van der Waals surface area contributed by atoms with E-state index in [9.17, 15) is 8.42 Å². The van der Waals surface area contributed by atoms with Gasteiger partial charge >= 0.3 is 0 Å². The molecule has 0 amide bonds. The maximum absolute atomic E-state index is 13.2. The fourth-order valence-electron chi connectivity index (χ4n) is 3.85. The number of hydrogen-bond acceptors (Lipinski definition) is 6. The molecule has 3 aromatic rings. The SMILES string of the molecule is COc1ccc(Cl)cc1S(=O)(=O)C1CCN(c2nc(Cc3ccc(C)cc3)cs2)CC1. The van der Waals surface area contributed by atoms with Crippen molar-refractivity contribution in [1.29, 1.82) is 0 Å². The quantitative estimate of drug-likeness (QED) is 0.492. The first-order chi connectivity index (χ1) is 14.9. The van der Waals surface area contributed by atoms with E-state index in [-0.39, 0.29) is 4.90 Å². The van der Waals surface area contributed by atoms with Gasteiger partial charge in [-0.25, -0.2) is 13.4 Å². The van der Waals surface area contributed by atoms with E-state index in [1.807, 2.05) is 0 Å². The molecule has 5 nitrogen and oxygen atoms in total. The highest BCUT2D eigenvalue weighted by molar-refractivity contribution is 7.92. The van der Waals surface area contributed by atoms with Crippen molar-refractivity contribution in [3.05, 3.63) is 69.7 Å². The van der Waals surface area contributed by atoms with Crippen molar-refractivity contribution in [2.24, 2.45) is 0 Å². The van der Waals surface area contributed by atoms with Crippen LogP contribution in [0.1, 0.15) is 29.7 Å². The monoisotopic (exact) mass is 476 g/mol. The minimum Gasteiger partial charge on any atom is -0.495 e. The molecule has 0 spiro atoms. The predicted octanol–water partition coefficient (Wildman–Crippen LogP) is 5.15. The molecule has 8 heteroatoms. The molecule has 1 aliphatic heterocycles. The Morgan fingerprint density at radius 2 is 1.87 bits per heavy atom. The molecule has 0 unspecified atom stereocenters. The van der Waals surface area contributed by atoms with E-state index in [4.69, 9.17) is 21.3 Å². The van der Waals surface area contributed by atoms with Crippen molar-refractivity contribution in [3.8, 4) is 5.75 Å². The Balaban J connectivity index is 1.42. The van der Waals surface area contributed by atoms with Crippen LogP contribution in [0, 0.1) is 6.92 Å². The number of thiazole rings is 1. The third-order valence-electron chi connectivity index (χ3n) is 5.63. The third-order valence-corrected chi connectivity index (χ3v) is 9.10. The van der Waals surface area contributed by atoms with Gasteiger partial charge < -0.3 is 9.64 Å². The van der Waals surface area contributed by atoms with Crippen LogP contribution < -0.4 is 9.64 Å². The van der Waals surface area contributed by atoms with Gasteiger partial charge in [-0.3, -0.25) is 0 Å². The summed E-state index contributed by atoms with van der Waals surface area (Å²) in [7, 11) is -2.05. The minimum atomic E-state index is -3.53. The van der Waals surface area contributed by atoms with Gasteiger partial charge in [0, 0.05) is 29.9 Å². The van der Waals surface area contributed by atoms with Crippen LogP contribution in [-0.4, -0.2) is 38.9 Å². The lowest BCUT2D eigenvalue weighted by atomic mass is 10.1. The summed E-state index contributed by atoms with van der Waals surface area (Å²) in [5.41, 5.74) is 3.53. The molecule has 1 fully saturated rings. The Kier molecular flexibility index (Phi) is 6.55. The zero-order valence-electron chi connectivity index (χ0n) is 17.5. The summed E-state index contributed by atoms with van der Waals surface area (Å²) < 4.78 is 31.7. The number of sulfone groups is 1. The Hall–Kier alpha value is -2.09. The molecule has 1 aliphatic rings. The first kappa shape index (κ1) is 22.1. The van der Waals surface area contributed by atoms with Gasteiger partial charge in [-0.05, 0) is 43.5 Å². The minimum absolute atomic E-state index is 0.176. The van der Waals surface area contributed by atoms with Gasteiger partial charge in [-0.2, -0.15) is 0 Å². The predicted molar refractivity (Wildman–Crippen MR) is 127 cm³/mol. The van der Waals surface area contributed by atoms with Crippen LogP contribution >= 0.6 is 22.9 Å². The molecule has 0 radical (unpaired) electrons. The van der Waals surface area contributed by atoms with Crippen LogP contribution in [0.2, 0.25) is 5.02 Å². The van der Waals surface area contributed by atoms with Crippen LogP contribution in [0.15, 0.2) is 52.7 Å². The highest BCUT2D eigenvalue weighted by Gasteiger charge is 2.34. The van der Waals surface area contributed by atoms with E-state index < -0.39 is 15.1 Å². The van der Waals surface area contributed by atoms with Gasteiger partial charge in [0.2, 0.25) is 0 Å². The standard InChI is InChI=1S/C23H25ClN2O3S2/c1-16-3-5-17(6-4-16)13-19-15-30-23(25-19)26-11-9-20(10-12-26)31(27,28)22-14-18(24)7-8-21(22)29-2/h3-8,14-15,20H,9-13H2,1-2H3. The maximum atomic E-state index is 13.2. The van der Waals surface area contributed by atoms with Crippen LogP contribution in [0.3, 0.4) is 0 Å². The molecule has 31 heavy (non-hydrogen) atoms. The summed E-state index contributed by atoms with van der Waals surface area (Å²) in [5, 5.41) is 2.98. The summed E-state index contributed by atoms with van der Waals surface area (Å²) in [5.74, 6) is 0.340. The van der Waals surface area contributed by atoms with Crippen molar-refractivity contribution < 1.29 is 13.2 Å². The van der Waals surface area contributed by atoms with Gasteiger partial charge in [-0.1, -0.05) is 41.4 Å². The average Bonchev–Trinajstić information content (AvgIpc) is 3.24. The second kappa shape index (κ2) is 9.18. The molecule has 164 valence electrons. The smallest absolute Gasteiger partial charge is 0.185 e. The number of benzene rings is 2. The summed E-state index contributed by atoms with van der Waals surface area (Å²) in [6.07, 6.45) is 1.89. The van der Waals surface area contributed by atoms with Gasteiger partial charge in [0.1, 0.15) is 10.6 Å². The van der Waals surface area contributed by atoms with E-state index in [0.29, 0.717) is 36.7 Å². The van der Waals surface area contributed by atoms with Gasteiger partial charge in [0.05, 0.1) is 18.1 Å². The van der Waals surface area contributed by atoms with Crippen LogP contribution in [0.5, 0.6) is 5.75 Å². The Bertz CT molecular complexity index is 1150. The number of hydrogen-bond donors (Lipinski definition) is 0. The number of nitrogens with zero attached hydrogens (tertiary/aromatic N) is 2. The first-order valence-electron chi connectivity index (χ1n) is 10.2. The number of halogens is 1. The number of methoxy groups -OCH3 is 1. The number of aromatic nitrogens is 1. The fourth-order valence-corrected chi connectivity index (χ4v) is 6.88. The molecular formula is C23H25ClN2O3S2.